The van der Waals surface area contributed by atoms with E-state index < -0.39 is 0 Å². The maximum atomic E-state index is 5.68. The molecular weight excluding hydrogens is 224 g/mol. The van der Waals surface area contributed by atoms with Crippen LogP contribution in [0.15, 0.2) is 40.0 Å². The Morgan fingerprint density at radius 3 is 3.00 bits per heavy atom. The molecule has 2 rings (SSSR count). The highest BCUT2D eigenvalue weighted by atomic mass is 32.2. The van der Waals surface area contributed by atoms with Crippen LogP contribution in [0.1, 0.15) is 5.76 Å². The predicted molar refractivity (Wildman–Crippen MR) is 63.5 cm³/mol. The van der Waals surface area contributed by atoms with Gasteiger partial charge in [-0.3, -0.25) is 0 Å². The summed E-state index contributed by atoms with van der Waals surface area (Å²) in [6, 6.07) is 7.45. The zero-order valence-electron chi connectivity index (χ0n) is 8.84. The van der Waals surface area contributed by atoms with Gasteiger partial charge < -0.3 is 14.9 Å². The summed E-state index contributed by atoms with van der Waals surface area (Å²) in [4.78, 5) is 4.26. The smallest absolute Gasteiger partial charge is 0.237 e. The highest BCUT2D eigenvalue weighted by Gasteiger charge is 2.04. The zero-order chi connectivity index (χ0) is 11.4. The Morgan fingerprint density at radius 2 is 2.31 bits per heavy atom. The maximum Gasteiger partial charge on any atom is 0.237 e. The summed E-state index contributed by atoms with van der Waals surface area (Å²) in [5, 5.41) is 0.863. The molecule has 0 saturated heterocycles. The van der Waals surface area contributed by atoms with Gasteiger partial charge in [-0.2, -0.15) is 0 Å². The Labute approximate surface area is 97.8 Å². The number of nitrogens with two attached hydrogens (primary N) is 1. The molecule has 0 atom stereocenters. The molecule has 84 valence electrons. The monoisotopic (exact) mass is 236 g/mol. The number of furan rings is 1. The summed E-state index contributed by atoms with van der Waals surface area (Å²) in [7, 11) is 1.56. The number of hydrogen-bond acceptors (Lipinski definition) is 5. The first-order valence-electron chi connectivity index (χ1n) is 4.75. The molecule has 0 amide bonds. The average molecular weight is 236 g/mol. The maximum absolute atomic E-state index is 5.68. The molecule has 5 heteroatoms. The molecule has 2 heterocycles. The van der Waals surface area contributed by atoms with Crippen LogP contribution >= 0.6 is 11.8 Å². The molecule has 0 aromatic carbocycles. The molecule has 0 unspecified atom stereocenters. The molecule has 0 aliphatic rings. The number of thioether (sulfide) groups is 1. The van der Waals surface area contributed by atoms with Gasteiger partial charge in [0.25, 0.3) is 0 Å². The minimum absolute atomic E-state index is 0.462. The SMILES string of the molecule is COc1nc(SCc2ccco2)ccc1N. The van der Waals surface area contributed by atoms with Crippen molar-refractivity contribution in [1.82, 2.24) is 4.98 Å². The van der Waals surface area contributed by atoms with Crippen molar-refractivity contribution >= 4 is 17.4 Å². The molecule has 0 radical (unpaired) electrons. The van der Waals surface area contributed by atoms with Crippen molar-refractivity contribution in [2.24, 2.45) is 0 Å². The minimum atomic E-state index is 0.462. The van der Waals surface area contributed by atoms with Crippen LogP contribution in [0.2, 0.25) is 0 Å². The second-order valence-corrected chi connectivity index (χ2v) is 4.11. The molecular formula is C11H12N2O2S. The Morgan fingerprint density at radius 1 is 1.44 bits per heavy atom. The second-order valence-electron chi connectivity index (χ2n) is 3.12. The van der Waals surface area contributed by atoms with Crippen LogP contribution in [0.25, 0.3) is 0 Å². The summed E-state index contributed by atoms with van der Waals surface area (Å²) >= 11 is 1.58. The van der Waals surface area contributed by atoms with Crippen molar-refractivity contribution in [1.29, 1.82) is 0 Å². The van der Waals surface area contributed by atoms with E-state index in [1.54, 1.807) is 31.2 Å². The van der Waals surface area contributed by atoms with E-state index in [1.807, 2.05) is 18.2 Å². The number of rotatable bonds is 4. The molecule has 2 aromatic heterocycles. The van der Waals surface area contributed by atoms with Gasteiger partial charge in [-0.25, -0.2) is 4.98 Å². The zero-order valence-corrected chi connectivity index (χ0v) is 9.66. The third kappa shape index (κ3) is 2.49. The van der Waals surface area contributed by atoms with Crippen molar-refractivity contribution in [3.05, 3.63) is 36.3 Å². The lowest BCUT2D eigenvalue weighted by Gasteiger charge is -2.05. The molecule has 0 bridgehead atoms. The Kier molecular flexibility index (Phi) is 3.36. The summed E-state index contributed by atoms with van der Waals surface area (Å²) < 4.78 is 10.3. The number of anilines is 1. The molecule has 0 fully saturated rings. The van der Waals surface area contributed by atoms with Gasteiger partial charge in [-0.1, -0.05) is 11.8 Å². The van der Waals surface area contributed by atoms with Gasteiger partial charge >= 0.3 is 0 Å². The number of ether oxygens (including phenoxy) is 1. The number of hydrogen-bond donors (Lipinski definition) is 1. The third-order valence-corrected chi connectivity index (χ3v) is 2.95. The van der Waals surface area contributed by atoms with Gasteiger partial charge in [0.15, 0.2) is 0 Å². The number of nitrogen functional groups attached to an aromatic ring is 1. The first-order chi connectivity index (χ1) is 7.79. The van der Waals surface area contributed by atoms with E-state index in [4.69, 9.17) is 14.9 Å². The van der Waals surface area contributed by atoms with E-state index in [-0.39, 0.29) is 0 Å². The van der Waals surface area contributed by atoms with E-state index in [0.29, 0.717) is 11.6 Å². The first kappa shape index (κ1) is 10.9. The Bertz CT molecular complexity index is 457. The van der Waals surface area contributed by atoms with Crippen LogP contribution in [-0.2, 0) is 5.75 Å². The van der Waals surface area contributed by atoms with Crippen molar-refractivity contribution in [2.45, 2.75) is 10.8 Å². The fourth-order valence-corrected chi connectivity index (χ4v) is 1.98. The van der Waals surface area contributed by atoms with Crippen molar-refractivity contribution in [3.63, 3.8) is 0 Å². The number of methoxy groups -OCH3 is 1. The standard InChI is InChI=1S/C11H12N2O2S/c1-14-11-9(12)4-5-10(13-11)16-7-8-3-2-6-15-8/h2-6H,7,12H2,1H3. The van der Waals surface area contributed by atoms with Crippen LogP contribution in [0.4, 0.5) is 5.69 Å². The Hall–Kier alpha value is -1.62. The number of pyridine rings is 1. The van der Waals surface area contributed by atoms with Gasteiger partial charge in [-0.15, -0.1) is 0 Å². The molecule has 0 aliphatic carbocycles. The summed E-state index contributed by atoms with van der Waals surface area (Å²) in [6.45, 7) is 0. The van der Waals surface area contributed by atoms with Gasteiger partial charge in [0, 0.05) is 0 Å². The lowest BCUT2D eigenvalue weighted by atomic mass is 10.4. The lowest BCUT2D eigenvalue weighted by molar-refractivity contribution is 0.397. The number of nitrogens with zero attached hydrogens (tertiary/aromatic N) is 1. The van der Waals surface area contributed by atoms with Crippen LogP contribution in [0, 0.1) is 0 Å². The summed E-state index contributed by atoms with van der Waals surface area (Å²) in [6.07, 6.45) is 1.66. The predicted octanol–water partition coefficient (Wildman–Crippen LogP) is 2.56. The normalized spacial score (nSPS) is 10.3. The minimum Gasteiger partial charge on any atom is -0.480 e. The fraction of sp³-hybridized carbons (Fsp3) is 0.182. The molecule has 2 aromatic rings. The van der Waals surface area contributed by atoms with Crippen molar-refractivity contribution in [3.8, 4) is 5.88 Å². The average Bonchev–Trinajstić information content (AvgIpc) is 2.81. The molecule has 0 saturated carbocycles. The van der Waals surface area contributed by atoms with Crippen LogP contribution < -0.4 is 10.5 Å². The fourth-order valence-electron chi connectivity index (χ4n) is 1.22. The van der Waals surface area contributed by atoms with Gasteiger partial charge in [0.2, 0.25) is 5.88 Å². The quantitative estimate of drug-likeness (QED) is 0.827. The highest BCUT2D eigenvalue weighted by molar-refractivity contribution is 7.98. The molecule has 16 heavy (non-hydrogen) atoms. The largest absolute Gasteiger partial charge is 0.480 e. The number of aromatic nitrogens is 1. The highest BCUT2D eigenvalue weighted by Crippen LogP contribution is 2.26. The second kappa shape index (κ2) is 4.94. The van der Waals surface area contributed by atoms with E-state index >= 15 is 0 Å². The third-order valence-electron chi connectivity index (χ3n) is 2.00. The lowest BCUT2D eigenvalue weighted by Crippen LogP contribution is -1.95. The van der Waals surface area contributed by atoms with E-state index in [9.17, 15) is 0 Å². The van der Waals surface area contributed by atoms with E-state index in [1.165, 1.54) is 0 Å². The van der Waals surface area contributed by atoms with Gasteiger partial charge in [-0.05, 0) is 24.3 Å². The molecule has 2 N–H and O–H groups in total. The van der Waals surface area contributed by atoms with Gasteiger partial charge in [0.05, 0.1) is 24.8 Å². The molecule has 4 nitrogen and oxygen atoms in total. The first-order valence-corrected chi connectivity index (χ1v) is 5.74. The van der Waals surface area contributed by atoms with Crippen LogP contribution in [0.3, 0.4) is 0 Å². The Balaban J connectivity index is 2.04. The van der Waals surface area contributed by atoms with Crippen LogP contribution in [0.5, 0.6) is 5.88 Å². The summed E-state index contributed by atoms with van der Waals surface area (Å²) in [5.41, 5.74) is 6.22. The topological polar surface area (TPSA) is 61.3 Å². The van der Waals surface area contributed by atoms with E-state index in [2.05, 4.69) is 4.98 Å². The molecule has 0 spiro atoms. The van der Waals surface area contributed by atoms with Crippen molar-refractivity contribution < 1.29 is 9.15 Å². The molecule has 0 aliphatic heterocycles. The van der Waals surface area contributed by atoms with E-state index in [0.717, 1.165) is 16.5 Å². The van der Waals surface area contributed by atoms with Crippen molar-refractivity contribution in [2.75, 3.05) is 12.8 Å². The summed E-state index contributed by atoms with van der Waals surface area (Å²) in [5.74, 6) is 2.12. The van der Waals surface area contributed by atoms with Crippen LogP contribution in [-0.4, -0.2) is 12.1 Å². The van der Waals surface area contributed by atoms with Gasteiger partial charge in [0.1, 0.15) is 10.8 Å².